The Labute approximate surface area is 121 Å². The van der Waals surface area contributed by atoms with Crippen molar-refractivity contribution in [2.75, 3.05) is 12.4 Å². The summed E-state index contributed by atoms with van der Waals surface area (Å²) in [6, 6.07) is 12.8. The van der Waals surface area contributed by atoms with Crippen molar-refractivity contribution < 1.29 is 19.1 Å². The zero-order valence-corrected chi connectivity index (χ0v) is 11.3. The average Bonchev–Trinajstić information content (AvgIpc) is 2.54. The molecule has 21 heavy (non-hydrogen) atoms. The number of aldehydes is 1. The molecule has 0 saturated heterocycles. The first-order valence-electron chi connectivity index (χ1n) is 6.19. The number of carbonyl (C=O) groups excluding carboxylic acids is 3. The molecule has 5 nitrogen and oxygen atoms in total. The van der Waals surface area contributed by atoms with E-state index in [4.69, 9.17) is 0 Å². The van der Waals surface area contributed by atoms with Gasteiger partial charge in [0.05, 0.1) is 18.2 Å². The molecule has 0 spiro atoms. The second-order valence-corrected chi connectivity index (χ2v) is 4.23. The number of ether oxygens (including phenoxy) is 1. The molecule has 0 aliphatic carbocycles. The van der Waals surface area contributed by atoms with Gasteiger partial charge in [0.1, 0.15) is 6.29 Å². The van der Waals surface area contributed by atoms with Crippen LogP contribution >= 0.6 is 0 Å². The lowest BCUT2D eigenvalue weighted by Crippen LogP contribution is -2.17. The molecule has 106 valence electrons. The van der Waals surface area contributed by atoms with Crippen LogP contribution in [0.4, 0.5) is 5.69 Å². The number of hydrogen-bond donors (Lipinski definition) is 1. The van der Waals surface area contributed by atoms with Crippen LogP contribution in [-0.2, 0) is 4.74 Å². The molecular weight excluding hydrogens is 270 g/mol. The molecule has 2 aromatic carbocycles. The first-order chi connectivity index (χ1) is 10.2. The summed E-state index contributed by atoms with van der Waals surface area (Å²) in [6.07, 6.45) is 0.693. The summed E-state index contributed by atoms with van der Waals surface area (Å²) in [6.45, 7) is 0. The quantitative estimate of drug-likeness (QED) is 0.691. The predicted molar refractivity (Wildman–Crippen MR) is 77.6 cm³/mol. The van der Waals surface area contributed by atoms with Gasteiger partial charge in [-0.2, -0.15) is 0 Å². The zero-order chi connectivity index (χ0) is 15.2. The lowest BCUT2D eigenvalue weighted by atomic mass is 10.1. The van der Waals surface area contributed by atoms with Gasteiger partial charge >= 0.3 is 5.97 Å². The predicted octanol–water partition coefficient (Wildman–Crippen LogP) is 2.54. The van der Waals surface area contributed by atoms with E-state index < -0.39 is 11.9 Å². The van der Waals surface area contributed by atoms with Gasteiger partial charge in [-0.05, 0) is 24.3 Å². The summed E-state index contributed by atoms with van der Waals surface area (Å²) >= 11 is 0. The monoisotopic (exact) mass is 283 g/mol. The number of anilines is 1. The van der Waals surface area contributed by atoms with E-state index in [2.05, 4.69) is 10.1 Å². The fourth-order valence-electron chi connectivity index (χ4n) is 1.86. The van der Waals surface area contributed by atoms with Crippen molar-refractivity contribution in [1.29, 1.82) is 0 Å². The molecular formula is C16H13NO4. The minimum Gasteiger partial charge on any atom is -0.465 e. The van der Waals surface area contributed by atoms with Crippen LogP contribution in [0.1, 0.15) is 31.1 Å². The lowest BCUT2D eigenvalue weighted by Gasteiger charge is -2.09. The Kier molecular flexibility index (Phi) is 4.46. The maximum absolute atomic E-state index is 12.2. The van der Waals surface area contributed by atoms with Gasteiger partial charge in [0.25, 0.3) is 5.91 Å². The molecule has 0 heterocycles. The van der Waals surface area contributed by atoms with E-state index in [0.717, 1.165) is 0 Å². The van der Waals surface area contributed by atoms with Gasteiger partial charge in [-0.15, -0.1) is 0 Å². The molecule has 0 fully saturated rings. The number of carbonyl (C=O) groups is 3. The van der Waals surface area contributed by atoms with Gasteiger partial charge < -0.3 is 10.1 Å². The van der Waals surface area contributed by atoms with Gasteiger partial charge in [-0.1, -0.05) is 24.3 Å². The van der Waals surface area contributed by atoms with Crippen molar-refractivity contribution >= 4 is 23.9 Å². The van der Waals surface area contributed by atoms with Crippen LogP contribution in [0.25, 0.3) is 0 Å². The molecule has 0 bridgehead atoms. The van der Waals surface area contributed by atoms with Crippen LogP contribution in [0.2, 0.25) is 0 Å². The third kappa shape index (κ3) is 3.33. The van der Waals surface area contributed by atoms with Crippen LogP contribution < -0.4 is 5.32 Å². The highest BCUT2D eigenvalue weighted by Gasteiger charge is 2.17. The fraction of sp³-hybridized carbons (Fsp3) is 0.0625. The third-order valence-corrected chi connectivity index (χ3v) is 2.86. The maximum atomic E-state index is 12.2. The molecule has 2 aromatic rings. The molecule has 0 aliphatic rings. The van der Waals surface area contributed by atoms with Crippen molar-refractivity contribution in [2.24, 2.45) is 0 Å². The van der Waals surface area contributed by atoms with Crippen molar-refractivity contribution in [1.82, 2.24) is 0 Å². The van der Waals surface area contributed by atoms with Crippen molar-refractivity contribution in [3.05, 3.63) is 65.2 Å². The van der Waals surface area contributed by atoms with Crippen molar-refractivity contribution in [2.45, 2.75) is 0 Å². The van der Waals surface area contributed by atoms with E-state index >= 15 is 0 Å². The Morgan fingerprint density at radius 1 is 1.05 bits per heavy atom. The van der Waals surface area contributed by atoms with Gasteiger partial charge in [-0.3, -0.25) is 9.59 Å². The molecule has 1 amide bonds. The minimum atomic E-state index is -0.581. The smallest absolute Gasteiger partial charge is 0.338 e. The van der Waals surface area contributed by atoms with E-state index in [0.29, 0.717) is 17.5 Å². The molecule has 0 atom stereocenters. The first kappa shape index (κ1) is 14.5. The second-order valence-electron chi connectivity index (χ2n) is 4.23. The van der Waals surface area contributed by atoms with E-state index in [1.165, 1.54) is 19.2 Å². The summed E-state index contributed by atoms with van der Waals surface area (Å²) < 4.78 is 4.65. The Morgan fingerprint density at radius 3 is 2.43 bits per heavy atom. The number of nitrogens with one attached hydrogen (secondary N) is 1. The number of rotatable bonds is 4. The summed E-state index contributed by atoms with van der Waals surface area (Å²) in [5.41, 5.74) is 1.32. The van der Waals surface area contributed by atoms with E-state index in [1.54, 1.807) is 36.4 Å². The number of hydrogen-bond acceptors (Lipinski definition) is 4. The summed E-state index contributed by atoms with van der Waals surface area (Å²) in [5, 5.41) is 2.65. The Hall–Kier alpha value is -2.95. The molecule has 0 saturated carbocycles. The van der Waals surface area contributed by atoms with E-state index in [-0.39, 0.29) is 11.1 Å². The number of esters is 1. The summed E-state index contributed by atoms with van der Waals surface area (Å²) in [4.78, 5) is 34.6. The third-order valence-electron chi connectivity index (χ3n) is 2.86. The van der Waals surface area contributed by atoms with Gasteiger partial charge in [0.15, 0.2) is 0 Å². The molecule has 0 aliphatic heterocycles. The largest absolute Gasteiger partial charge is 0.465 e. The van der Waals surface area contributed by atoms with E-state index in [9.17, 15) is 14.4 Å². The maximum Gasteiger partial charge on any atom is 0.338 e. The molecule has 5 heteroatoms. The zero-order valence-electron chi connectivity index (χ0n) is 11.3. The molecule has 0 aromatic heterocycles. The molecule has 0 unspecified atom stereocenters. The Morgan fingerprint density at radius 2 is 1.76 bits per heavy atom. The summed E-state index contributed by atoms with van der Waals surface area (Å²) in [7, 11) is 1.25. The molecule has 2 rings (SSSR count). The van der Waals surface area contributed by atoms with Crippen LogP contribution in [-0.4, -0.2) is 25.3 Å². The van der Waals surface area contributed by atoms with E-state index in [1.807, 2.05) is 0 Å². The van der Waals surface area contributed by atoms with Crippen LogP contribution in [0.15, 0.2) is 48.5 Å². The van der Waals surface area contributed by atoms with Crippen LogP contribution in [0.5, 0.6) is 0 Å². The van der Waals surface area contributed by atoms with Crippen molar-refractivity contribution in [3.8, 4) is 0 Å². The van der Waals surface area contributed by atoms with Crippen LogP contribution in [0.3, 0.4) is 0 Å². The first-order valence-corrected chi connectivity index (χ1v) is 6.19. The Balaban J connectivity index is 2.28. The minimum absolute atomic E-state index is 0.184. The van der Waals surface area contributed by atoms with Gasteiger partial charge in [-0.25, -0.2) is 4.79 Å². The Bertz CT molecular complexity index is 694. The standard InChI is InChI=1S/C16H13NO4/c1-21-16(20)14-8-3-2-7-13(14)15(19)17-12-6-4-5-11(9-12)10-18/h2-10H,1H3,(H,17,19). The highest BCUT2D eigenvalue weighted by Crippen LogP contribution is 2.14. The van der Waals surface area contributed by atoms with Gasteiger partial charge in [0.2, 0.25) is 0 Å². The average molecular weight is 283 g/mol. The van der Waals surface area contributed by atoms with Gasteiger partial charge in [0, 0.05) is 11.3 Å². The SMILES string of the molecule is COC(=O)c1ccccc1C(=O)Nc1cccc(C=O)c1. The highest BCUT2D eigenvalue weighted by molar-refractivity contribution is 6.11. The highest BCUT2D eigenvalue weighted by atomic mass is 16.5. The number of methoxy groups -OCH3 is 1. The second kappa shape index (κ2) is 6.47. The number of benzene rings is 2. The normalized spacial score (nSPS) is 9.76. The summed E-state index contributed by atoms with van der Waals surface area (Å²) in [5.74, 6) is -1.03. The topological polar surface area (TPSA) is 72.5 Å². The molecule has 0 radical (unpaired) electrons. The van der Waals surface area contributed by atoms with Crippen molar-refractivity contribution in [3.63, 3.8) is 0 Å². The fourth-order valence-corrected chi connectivity index (χ4v) is 1.86. The van der Waals surface area contributed by atoms with Crippen LogP contribution in [0, 0.1) is 0 Å². The molecule has 1 N–H and O–H groups in total. The number of amides is 1. The lowest BCUT2D eigenvalue weighted by molar-refractivity contribution is 0.0597.